The summed E-state index contributed by atoms with van der Waals surface area (Å²) in [6, 6.07) is 19.2. The Hall–Kier alpha value is -3.06. The smallest absolute Gasteiger partial charge is 0.410 e. The van der Waals surface area contributed by atoms with Crippen LogP contribution < -0.4 is 19.9 Å². The van der Waals surface area contributed by atoms with Crippen molar-refractivity contribution in [2.75, 3.05) is 41.3 Å². The zero-order valence-electron chi connectivity index (χ0n) is 16.7. The lowest BCUT2D eigenvalue weighted by Gasteiger charge is -2.37. The number of nitrogens with zero attached hydrogens (tertiary/aromatic N) is 3. The van der Waals surface area contributed by atoms with E-state index in [-0.39, 0.29) is 0 Å². The first-order chi connectivity index (χ1) is 14.6. The highest BCUT2D eigenvalue weighted by Crippen LogP contribution is 2.27. The zero-order chi connectivity index (χ0) is 20.9. The van der Waals surface area contributed by atoms with Gasteiger partial charge in [0.1, 0.15) is 5.75 Å². The molecule has 1 saturated heterocycles. The van der Waals surface area contributed by atoms with E-state index < -0.39 is 6.09 Å². The van der Waals surface area contributed by atoms with E-state index in [0.717, 1.165) is 36.5 Å². The van der Waals surface area contributed by atoms with Gasteiger partial charge in [0.15, 0.2) is 5.82 Å². The molecule has 2 heterocycles. The van der Waals surface area contributed by atoms with Crippen LogP contribution in [0, 0.1) is 6.92 Å². The van der Waals surface area contributed by atoms with Crippen molar-refractivity contribution >= 4 is 39.2 Å². The van der Waals surface area contributed by atoms with Gasteiger partial charge in [0.05, 0.1) is 5.69 Å². The molecule has 1 aliphatic rings. The summed E-state index contributed by atoms with van der Waals surface area (Å²) in [5, 5.41) is 2.83. The number of amides is 1. The molecule has 1 fully saturated rings. The van der Waals surface area contributed by atoms with E-state index in [1.54, 1.807) is 18.3 Å². The van der Waals surface area contributed by atoms with Crippen molar-refractivity contribution in [3.8, 4) is 5.75 Å². The van der Waals surface area contributed by atoms with Crippen LogP contribution in [0.25, 0.3) is 0 Å². The van der Waals surface area contributed by atoms with Gasteiger partial charge in [-0.2, -0.15) is 0 Å². The molecule has 0 spiro atoms. The molecule has 1 N–H and O–H groups in total. The largest absolute Gasteiger partial charge is 0.417 e. The molecule has 0 atom stereocenters. The first kappa shape index (κ1) is 20.2. The third kappa shape index (κ3) is 4.74. The average Bonchev–Trinajstić information content (AvgIpc) is 2.76. The molecule has 0 aliphatic carbocycles. The van der Waals surface area contributed by atoms with E-state index >= 15 is 0 Å². The van der Waals surface area contributed by atoms with Crippen LogP contribution in [0.5, 0.6) is 5.75 Å². The van der Waals surface area contributed by atoms with E-state index in [1.807, 2.05) is 24.3 Å². The molecular formula is C23H23BrN4O2. The van der Waals surface area contributed by atoms with Crippen molar-refractivity contribution in [3.05, 3.63) is 76.9 Å². The monoisotopic (exact) mass is 466 g/mol. The Labute approximate surface area is 184 Å². The van der Waals surface area contributed by atoms with Crippen LogP contribution in [-0.4, -0.2) is 37.3 Å². The van der Waals surface area contributed by atoms with Crippen molar-refractivity contribution in [3.63, 3.8) is 0 Å². The number of hydrogen-bond donors (Lipinski definition) is 1. The van der Waals surface area contributed by atoms with Crippen molar-refractivity contribution < 1.29 is 9.53 Å². The minimum Gasteiger partial charge on any atom is -0.410 e. The number of hydrogen-bond acceptors (Lipinski definition) is 5. The van der Waals surface area contributed by atoms with Gasteiger partial charge >= 0.3 is 6.09 Å². The summed E-state index contributed by atoms with van der Waals surface area (Å²) in [7, 11) is 0. The van der Waals surface area contributed by atoms with Gasteiger partial charge in [-0.15, -0.1) is 0 Å². The van der Waals surface area contributed by atoms with Gasteiger partial charge in [-0.25, -0.2) is 9.78 Å². The van der Waals surface area contributed by atoms with Crippen LogP contribution in [-0.2, 0) is 0 Å². The fourth-order valence-electron chi connectivity index (χ4n) is 3.57. The average molecular weight is 467 g/mol. The summed E-state index contributed by atoms with van der Waals surface area (Å²) < 4.78 is 6.30. The Morgan fingerprint density at radius 3 is 2.40 bits per heavy atom. The minimum absolute atomic E-state index is 0.480. The van der Waals surface area contributed by atoms with Crippen LogP contribution in [0.4, 0.5) is 22.0 Å². The number of anilines is 3. The highest BCUT2D eigenvalue weighted by Gasteiger charge is 2.22. The van der Waals surface area contributed by atoms with Crippen LogP contribution in [0.3, 0.4) is 0 Å². The molecular weight excluding hydrogens is 444 g/mol. The van der Waals surface area contributed by atoms with Gasteiger partial charge in [-0.05, 0) is 55.0 Å². The fourth-order valence-corrected chi connectivity index (χ4v) is 3.83. The maximum absolute atomic E-state index is 12.4. The first-order valence-corrected chi connectivity index (χ1v) is 10.6. The number of aryl methyl sites for hydroxylation is 1. The van der Waals surface area contributed by atoms with Crippen molar-refractivity contribution in [2.24, 2.45) is 0 Å². The number of ether oxygens (including phenoxy) is 1. The number of nitrogens with one attached hydrogen (secondary N) is 1. The predicted octanol–water partition coefficient (Wildman–Crippen LogP) is 5.09. The molecule has 0 bridgehead atoms. The normalized spacial score (nSPS) is 13.8. The van der Waals surface area contributed by atoms with E-state index in [9.17, 15) is 4.79 Å². The molecule has 4 rings (SSSR count). The topological polar surface area (TPSA) is 57.7 Å². The quantitative estimate of drug-likeness (QED) is 0.580. The van der Waals surface area contributed by atoms with E-state index in [4.69, 9.17) is 4.74 Å². The second kappa shape index (κ2) is 9.17. The lowest BCUT2D eigenvalue weighted by molar-refractivity contribution is 0.215. The second-order valence-corrected chi connectivity index (χ2v) is 8.02. The number of pyridine rings is 1. The molecule has 1 aromatic heterocycles. The minimum atomic E-state index is -0.537. The SMILES string of the molecule is Cc1ccccc1N1CCN(c2ncccc2NC(=O)Oc2ccc(Br)cc2)CC1. The third-order valence-corrected chi connectivity index (χ3v) is 5.61. The molecule has 7 heteroatoms. The molecule has 30 heavy (non-hydrogen) atoms. The van der Waals surface area contributed by atoms with Gasteiger partial charge < -0.3 is 14.5 Å². The number of carbonyl (C=O) groups is 1. The maximum atomic E-state index is 12.4. The Morgan fingerprint density at radius 2 is 1.67 bits per heavy atom. The number of rotatable bonds is 4. The van der Waals surface area contributed by atoms with Gasteiger partial charge in [0.2, 0.25) is 0 Å². The van der Waals surface area contributed by atoms with E-state index in [1.165, 1.54) is 11.3 Å². The number of para-hydroxylation sites is 1. The summed E-state index contributed by atoms with van der Waals surface area (Å²) >= 11 is 3.37. The molecule has 1 aliphatic heterocycles. The first-order valence-electron chi connectivity index (χ1n) is 9.85. The molecule has 0 saturated carbocycles. The third-order valence-electron chi connectivity index (χ3n) is 5.08. The highest BCUT2D eigenvalue weighted by atomic mass is 79.9. The molecule has 2 aromatic carbocycles. The lowest BCUT2D eigenvalue weighted by Crippen LogP contribution is -2.47. The second-order valence-electron chi connectivity index (χ2n) is 7.10. The Balaban J connectivity index is 1.41. The van der Waals surface area contributed by atoms with Crippen LogP contribution in [0.2, 0.25) is 0 Å². The molecule has 6 nitrogen and oxygen atoms in total. The molecule has 1 amide bonds. The molecule has 0 unspecified atom stereocenters. The lowest BCUT2D eigenvalue weighted by atomic mass is 10.1. The fraction of sp³-hybridized carbons (Fsp3) is 0.217. The Bertz CT molecular complexity index is 1020. The van der Waals surface area contributed by atoms with Crippen LogP contribution in [0.1, 0.15) is 5.56 Å². The van der Waals surface area contributed by atoms with E-state index in [0.29, 0.717) is 11.4 Å². The predicted molar refractivity (Wildman–Crippen MR) is 124 cm³/mol. The number of piperazine rings is 1. The van der Waals surface area contributed by atoms with Gasteiger partial charge in [0.25, 0.3) is 0 Å². The summed E-state index contributed by atoms with van der Waals surface area (Å²) in [6.45, 7) is 5.57. The molecule has 154 valence electrons. The maximum Gasteiger partial charge on any atom is 0.417 e. The number of benzene rings is 2. The summed E-state index contributed by atoms with van der Waals surface area (Å²) in [5.41, 5.74) is 3.19. The van der Waals surface area contributed by atoms with Crippen molar-refractivity contribution in [1.29, 1.82) is 0 Å². The van der Waals surface area contributed by atoms with Crippen LogP contribution >= 0.6 is 15.9 Å². The number of halogens is 1. The number of carbonyl (C=O) groups excluding carboxylic acids is 1. The Morgan fingerprint density at radius 1 is 0.967 bits per heavy atom. The zero-order valence-corrected chi connectivity index (χ0v) is 18.3. The standard InChI is InChI=1S/C23H23BrN4O2/c1-17-5-2-3-7-21(17)27-13-15-28(16-14-27)22-20(6-4-12-25-22)26-23(29)30-19-10-8-18(24)9-11-19/h2-12H,13-16H2,1H3,(H,26,29). The highest BCUT2D eigenvalue weighted by molar-refractivity contribution is 9.10. The van der Waals surface area contributed by atoms with Gasteiger partial charge in [-0.1, -0.05) is 34.1 Å². The van der Waals surface area contributed by atoms with Crippen molar-refractivity contribution in [1.82, 2.24) is 4.98 Å². The number of aromatic nitrogens is 1. The van der Waals surface area contributed by atoms with Crippen LogP contribution in [0.15, 0.2) is 71.3 Å². The summed E-state index contributed by atoms with van der Waals surface area (Å²) in [4.78, 5) is 21.5. The summed E-state index contributed by atoms with van der Waals surface area (Å²) in [6.07, 6.45) is 1.21. The van der Waals surface area contributed by atoms with Gasteiger partial charge in [0, 0.05) is 42.5 Å². The van der Waals surface area contributed by atoms with Gasteiger partial charge in [-0.3, -0.25) is 5.32 Å². The Kier molecular flexibility index (Phi) is 6.18. The summed E-state index contributed by atoms with van der Waals surface area (Å²) in [5.74, 6) is 1.24. The van der Waals surface area contributed by atoms with Crippen molar-refractivity contribution in [2.45, 2.75) is 6.92 Å². The molecule has 3 aromatic rings. The van der Waals surface area contributed by atoms with E-state index in [2.05, 4.69) is 67.2 Å². The molecule has 0 radical (unpaired) electrons.